The van der Waals surface area contributed by atoms with E-state index in [1.165, 1.54) is 29.7 Å². The van der Waals surface area contributed by atoms with Crippen LogP contribution in [0.4, 0.5) is 11.4 Å². The molecular weight excluding hydrogens is 369 g/mol. The SMILES string of the molecule is Cl.Cl.O=C(Nc1cccc(N2CCCC2)c1)C1Cc2ccccc2CN1. The second-order valence-electron chi connectivity index (χ2n) is 6.64. The van der Waals surface area contributed by atoms with Gasteiger partial charge in [0, 0.05) is 31.0 Å². The van der Waals surface area contributed by atoms with Gasteiger partial charge in [0.15, 0.2) is 0 Å². The minimum absolute atomic E-state index is 0. The molecule has 2 N–H and O–H groups in total. The third-order valence-corrected chi connectivity index (χ3v) is 4.98. The smallest absolute Gasteiger partial charge is 0.241 e. The van der Waals surface area contributed by atoms with E-state index in [-0.39, 0.29) is 36.8 Å². The number of anilines is 2. The van der Waals surface area contributed by atoms with Crippen molar-refractivity contribution in [1.29, 1.82) is 0 Å². The summed E-state index contributed by atoms with van der Waals surface area (Å²) >= 11 is 0. The third-order valence-electron chi connectivity index (χ3n) is 4.98. The van der Waals surface area contributed by atoms with Gasteiger partial charge >= 0.3 is 0 Å². The van der Waals surface area contributed by atoms with Gasteiger partial charge < -0.3 is 15.5 Å². The molecule has 4 nitrogen and oxygen atoms in total. The van der Waals surface area contributed by atoms with E-state index in [9.17, 15) is 4.79 Å². The third kappa shape index (κ3) is 4.50. The van der Waals surface area contributed by atoms with Gasteiger partial charge in [-0.15, -0.1) is 24.8 Å². The van der Waals surface area contributed by atoms with Gasteiger partial charge in [-0.1, -0.05) is 30.3 Å². The number of nitrogens with one attached hydrogen (secondary N) is 2. The molecule has 1 amide bonds. The van der Waals surface area contributed by atoms with Crippen LogP contribution in [0.25, 0.3) is 0 Å². The number of amides is 1. The van der Waals surface area contributed by atoms with E-state index in [4.69, 9.17) is 0 Å². The number of nitrogens with zero attached hydrogens (tertiary/aromatic N) is 1. The van der Waals surface area contributed by atoms with E-state index in [1.807, 2.05) is 24.3 Å². The van der Waals surface area contributed by atoms with Gasteiger partial charge in [0.25, 0.3) is 0 Å². The number of hydrogen-bond acceptors (Lipinski definition) is 3. The molecule has 0 aromatic heterocycles. The molecule has 1 unspecified atom stereocenters. The molecule has 6 heteroatoms. The van der Waals surface area contributed by atoms with Crippen LogP contribution in [0.15, 0.2) is 48.5 Å². The molecule has 2 aromatic rings. The van der Waals surface area contributed by atoms with Crippen molar-refractivity contribution in [2.75, 3.05) is 23.3 Å². The number of benzene rings is 2. The van der Waals surface area contributed by atoms with Crippen molar-refractivity contribution >= 4 is 42.1 Å². The highest BCUT2D eigenvalue weighted by Gasteiger charge is 2.24. The van der Waals surface area contributed by atoms with Crippen LogP contribution in [0.2, 0.25) is 0 Å². The largest absolute Gasteiger partial charge is 0.371 e. The van der Waals surface area contributed by atoms with Crippen molar-refractivity contribution in [1.82, 2.24) is 5.32 Å². The highest BCUT2D eigenvalue weighted by atomic mass is 35.5. The van der Waals surface area contributed by atoms with Crippen molar-refractivity contribution in [2.45, 2.75) is 31.8 Å². The maximum atomic E-state index is 12.6. The van der Waals surface area contributed by atoms with E-state index < -0.39 is 0 Å². The average molecular weight is 394 g/mol. The van der Waals surface area contributed by atoms with Crippen LogP contribution in [-0.4, -0.2) is 25.0 Å². The molecule has 0 radical (unpaired) electrons. The van der Waals surface area contributed by atoms with Crippen LogP contribution in [0.1, 0.15) is 24.0 Å². The Hall–Kier alpha value is -1.75. The number of rotatable bonds is 3. The summed E-state index contributed by atoms with van der Waals surface area (Å²) in [5.41, 5.74) is 4.64. The molecule has 4 rings (SSSR count). The molecule has 1 saturated heterocycles. The molecule has 0 bridgehead atoms. The minimum atomic E-state index is -0.171. The molecule has 0 spiro atoms. The second-order valence-corrected chi connectivity index (χ2v) is 6.64. The lowest BCUT2D eigenvalue weighted by molar-refractivity contribution is -0.118. The van der Waals surface area contributed by atoms with Crippen LogP contribution in [0.5, 0.6) is 0 Å². The summed E-state index contributed by atoms with van der Waals surface area (Å²) < 4.78 is 0. The summed E-state index contributed by atoms with van der Waals surface area (Å²) in [4.78, 5) is 15.0. The summed E-state index contributed by atoms with van der Waals surface area (Å²) in [6.07, 6.45) is 3.25. The molecule has 0 saturated carbocycles. The van der Waals surface area contributed by atoms with Gasteiger partial charge in [-0.05, 0) is 48.6 Å². The predicted molar refractivity (Wildman–Crippen MR) is 112 cm³/mol. The molecule has 0 aliphatic carbocycles. The lowest BCUT2D eigenvalue weighted by Crippen LogP contribution is -2.44. The van der Waals surface area contributed by atoms with Crippen molar-refractivity contribution in [2.24, 2.45) is 0 Å². The number of halogens is 2. The quantitative estimate of drug-likeness (QED) is 0.833. The first-order chi connectivity index (χ1) is 11.8. The summed E-state index contributed by atoms with van der Waals surface area (Å²) in [6.45, 7) is 2.97. The Morgan fingerprint density at radius 3 is 2.50 bits per heavy atom. The topological polar surface area (TPSA) is 44.4 Å². The number of hydrogen-bond donors (Lipinski definition) is 2. The first-order valence-corrected chi connectivity index (χ1v) is 8.76. The van der Waals surface area contributed by atoms with E-state index in [0.29, 0.717) is 0 Å². The summed E-state index contributed by atoms with van der Waals surface area (Å²) in [5.74, 6) is 0.0445. The van der Waals surface area contributed by atoms with Gasteiger partial charge in [-0.2, -0.15) is 0 Å². The van der Waals surface area contributed by atoms with E-state index in [1.54, 1.807) is 0 Å². The zero-order valence-electron chi connectivity index (χ0n) is 14.6. The molecule has 2 aliphatic heterocycles. The van der Waals surface area contributed by atoms with E-state index >= 15 is 0 Å². The van der Waals surface area contributed by atoms with Gasteiger partial charge in [0.05, 0.1) is 6.04 Å². The number of fused-ring (bicyclic) bond motifs is 1. The summed E-state index contributed by atoms with van der Waals surface area (Å²) in [6, 6.07) is 16.3. The van der Waals surface area contributed by atoms with E-state index in [2.05, 4.69) is 39.8 Å². The van der Waals surface area contributed by atoms with Crippen molar-refractivity contribution in [3.8, 4) is 0 Å². The fourth-order valence-electron chi connectivity index (χ4n) is 3.62. The van der Waals surface area contributed by atoms with Gasteiger partial charge in [-0.3, -0.25) is 4.79 Å². The number of carbonyl (C=O) groups is 1. The van der Waals surface area contributed by atoms with Crippen LogP contribution in [0.3, 0.4) is 0 Å². The lowest BCUT2D eigenvalue weighted by atomic mass is 9.95. The van der Waals surface area contributed by atoms with Crippen LogP contribution < -0.4 is 15.5 Å². The zero-order valence-corrected chi connectivity index (χ0v) is 16.2. The highest BCUT2D eigenvalue weighted by molar-refractivity contribution is 5.95. The molecule has 26 heavy (non-hydrogen) atoms. The molecular formula is C20H25Cl2N3O. The predicted octanol–water partition coefficient (Wildman–Crippen LogP) is 3.78. The lowest BCUT2D eigenvalue weighted by Gasteiger charge is -2.25. The number of carbonyl (C=O) groups excluding carboxylic acids is 1. The summed E-state index contributed by atoms with van der Waals surface area (Å²) in [5, 5.41) is 6.42. The fraction of sp³-hybridized carbons (Fsp3) is 0.350. The van der Waals surface area contributed by atoms with Gasteiger partial charge in [0.2, 0.25) is 5.91 Å². The first kappa shape index (κ1) is 20.6. The van der Waals surface area contributed by atoms with E-state index in [0.717, 1.165) is 31.7 Å². The molecule has 2 aromatic carbocycles. The monoisotopic (exact) mass is 393 g/mol. The molecule has 2 aliphatic rings. The minimum Gasteiger partial charge on any atom is -0.371 e. The fourth-order valence-corrected chi connectivity index (χ4v) is 3.62. The van der Waals surface area contributed by atoms with Crippen LogP contribution in [0, 0.1) is 0 Å². The zero-order chi connectivity index (χ0) is 16.4. The Kier molecular flexibility index (Phi) is 7.33. The molecule has 1 fully saturated rings. The molecule has 1 atom stereocenters. The van der Waals surface area contributed by atoms with Gasteiger partial charge in [-0.25, -0.2) is 0 Å². The Labute approximate surface area is 167 Å². The maximum absolute atomic E-state index is 12.6. The second kappa shape index (κ2) is 9.26. The summed E-state index contributed by atoms with van der Waals surface area (Å²) in [7, 11) is 0. The Balaban J connectivity index is 0.00000121. The van der Waals surface area contributed by atoms with Gasteiger partial charge in [0.1, 0.15) is 0 Å². The average Bonchev–Trinajstić information content (AvgIpc) is 3.16. The molecule has 140 valence electrons. The molecule has 2 heterocycles. The Bertz CT molecular complexity index is 747. The van der Waals surface area contributed by atoms with Crippen molar-refractivity contribution in [3.63, 3.8) is 0 Å². The highest BCUT2D eigenvalue weighted by Crippen LogP contribution is 2.24. The van der Waals surface area contributed by atoms with Crippen LogP contribution in [-0.2, 0) is 17.8 Å². The normalized spacial score (nSPS) is 18.3. The first-order valence-electron chi connectivity index (χ1n) is 8.76. The maximum Gasteiger partial charge on any atom is 0.241 e. The van der Waals surface area contributed by atoms with Crippen LogP contribution >= 0.6 is 24.8 Å². The Morgan fingerprint density at radius 1 is 1.00 bits per heavy atom. The van der Waals surface area contributed by atoms with Crippen molar-refractivity contribution < 1.29 is 4.79 Å². The standard InChI is InChI=1S/C20H23N3O.2ClH/c24-20(19-12-15-6-1-2-7-16(15)14-21-19)22-17-8-5-9-18(13-17)23-10-3-4-11-23;;/h1-2,5-9,13,19,21H,3-4,10-12,14H2,(H,22,24);2*1H. The Morgan fingerprint density at radius 2 is 1.73 bits per heavy atom. The van der Waals surface area contributed by atoms with Crippen molar-refractivity contribution in [3.05, 3.63) is 59.7 Å².